The Morgan fingerprint density at radius 1 is 1.17 bits per heavy atom. The minimum atomic E-state index is -0.354. The lowest BCUT2D eigenvalue weighted by atomic mass is 10.2. The molecule has 0 radical (unpaired) electrons. The van der Waals surface area contributed by atoms with Crippen molar-refractivity contribution in [3.05, 3.63) is 40.8 Å². The van der Waals surface area contributed by atoms with Gasteiger partial charge in [0.1, 0.15) is 5.58 Å². The highest BCUT2D eigenvalue weighted by molar-refractivity contribution is 5.79. The zero-order valence-electron chi connectivity index (χ0n) is 6.28. The van der Waals surface area contributed by atoms with E-state index in [-0.39, 0.29) is 5.63 Å². The summed E-state index contributed by atoms with van der Waals surface area (Å²) in [5, 5.41) is 0.879. The van der Waals surface area contributed by atoms with Gasteiger partial charge in [0.2, 0.25) is 0 Å². The van der Waals surface area contributed by atoms with Crippen LogP contribution < -0.4 is 11.4 Å². The molecule has 0 aliphatic carbocycles. The smallest absolute Gasteiger partial charge is 0.336 e. The summed E-state index contributed by atoms with van der Waals surface area (Å²) in [5.74, 6) is 0. The number of nitrogen functional groups attached to an aromatic ring is 1. The highest BCUT2D eigenvalue weighted by Gasteiger charge is 1.95. The molecule has 0 saturated heterocycles. The van der Waals surface area contributed by atoms with Gasteiger partial charge in [-0.3, -0.25) is 0 Å². The molecule has 0 unspecified atom stereocenters. The van der Waals surface area contributed by atoms with Gasteiger partial charge >= 0.3 is 5.63 Å². The van der Waals surface area contributed by atoms with Gasteiger partial charge in [-0.15, -0.1) is 0 Å². The van der Waals surface area contributed by atoms with Crippen molar-refractivity contribution in [2.75, 3.05) is 5.73 Å². The van der Waals surface area contributed by atoms with E-state index >= 15 is 0 Å². The second-order valence-electron chi connectivity index (χ2n) is 2.55. The first-order chi connectivity index (χ1) is 5.75. The summed E-state index contributed by atoms with van der Waals surface area (Å²) in [5.41, 5.74) is 6.28. The van der Waals surface area contributed by atoms with E-state index in [1.807, 2.05) is 6.07 Å². The van der Waals surface area contributed by atoms with Crippen LogP contribution in [0.5, 0.6) is 0 Å². The Balaban J connectivity index is 2.89. The average Bonchev–Trinajstić information content (AvgIpc) is 2.03. The summed E-state index contributed by atoms with van der Waals surface area (Å²) in [7, 11) is 0. The molecule has 2 N–H and O–H groups in total. The fourth-order valence-electron chi connectivity index (χ4n) is 1.08. The molecular weight excluding hydrogens is 154 g/mol. The minimum Gasteiger partial charge on any atom is -0.423 e. The third kappa shape index (κ3) is 1.05. The number of fused-ring (bicyclic) bond motifs is 1. The molecule has 1 aromatic heterocycles. The van der Waals surface area contributed by atoms with E-state index in [1.54, 1.807) is 18.2 Å². The van der Waals surface area contributed by atoms with Gasteiger partial charge in [-0.1, -0.05) is 0 Å². The fraction of sp³-hybridized carbons (Fsp3) is 0. The highest BCUT2D eigenvalue weighted by atomic mass is 16.4. The van der Waals surface area contributed by atoms with Gasteiger partial charge in [0.05, 0.1) is 0 Å². The van der Waals surface area contributed by atoms with Crippen molar-refractivity contribution in [3.8, 4) is 0 Å². The fourth-order valence-corrected chi connectivity index (χ4v) is 1.08. The molecule has 2 aromatic rings. The van der Waals surface area contributed by atoms with E-state index in [4.69, 9.17) is 10.2 Å². The molecule has 0 saturated carbocycles. The van der Waals surface area contributed by atoms with Crippen LogP contribution in [0.4, 0.5) is 5.69 Å². The van der Waals surface area contributed by atoms with Gasteiger partial charge in [-0.25, -0.2) is 4.79 Å². The van der Waals surface area contributed by atoms with Crippen LogP contribution >= 0.6 is 0 Å². The van der Waals surface area contributed by atoms with E-state index < -0.39 is 0 Å². The zero-order valence-corrected chi connectivity index (χ0v) is 6.28. The van der Waals surface area contributed by atoms with Gasteiger partial charge in [-0.2, -0.15) is 0 Å². The zero-order chi connectivity index (χ0) is 8.55. The third-order valence-electron chi connectivity index (χ3n) is 1.65. The molecule has 60 valence electrons. The van der Waals surface area contributed by atoms with E-state index in [1.165, 1.54) is 6.07 Å². The van der Waals surface area contributed by atoms with Crippen molar-refractivity contribution in [2.45, 2.75) is 0 Å². The summed E-state index contributed by atoms with van der Waals surface area (Å²) in [6, 6.07) is 8.31. The Bertz CT molecular complexity index is 473. The molecule has 2 rings (SSSR count). The molecule has 3 heteroatoms. The standard InChI is InChI=1S/C9H7NO2/c10-7-3-1-6-2-4-9(11)12-8(6)5-7/h1-5H,10H2. The molecule has 0 atom stereocenters. The molecule has 0 amide bonds. The molecule has 0 spiro atoms. The van der Waals surface area contributed by atoms with Gasteiger partial charge in [0, 0.05) is 23.2 Å². The third-order valence-corrected chi connectivity index (χ3v) is 1.65. The predicted octanol–water partition coefficient (Wildman–Crippen LogP) is 1.38. The van der Waals surface area contributed by atoms with E-state index in [0.717, 1.165) is 5.39 Å². The summed E-state index contributed by atoms with van der Waals surface area (Å²) in [4.78, 5) is 10.8. The Morgan fingerprint density at radius 3 is 2.75 bits per heavy atom. The van der Waals surface area contributed by atoms with Crippen molar-refractivity contribution in [3.63, 3.8) is 0 Å². The lowest BCUT2D eigenvalue weighted by Crippen LogP contribution is -1.94. The van der Waals surface area contributed by atoms with Crippen LogP contribution in [0.25, 0.3) is 11.0 Å². The highest BCUT2D eigenvalue weighted by Crippen LogP contribution is 2.14. The van der Waals surface area contributed by atoms with Crippen LogP contribution in [0.2, 0.25) is 0 Å². The normalized spacial score (nSPS) is 10.3. The first-order valence-corrected chi connectivity index (χ1v) is 3.55. The van der Waals surface area contributed by atoms with Gasteiger partial charge in [0.25, 0.3) is 0 Å². The van der Waals surface area contributed by atoms with Crippen LogP contribution in [0, 0.1) is 0 Å². The number of rotatable bonds is 0. The van der Waals surface area contributed by atoms with Crippen molar-refractivity contribution in [1.29, 1.82) is 0 Å². The monoisotopic (exact) mass is 161 g/mol. The molecule has 0 aliphatic heterocycles. The quantitative estimate of drug-likeness (QED) is 0.469. The molecule has 1 heterocycles. The van der Waals surface area contributed by atoms with Crippen molar-refractivity contribution in [1.82, 2.24) is 0 Å². The maximum absolute atomic E-state index is 10.8. The first kappa shape index (κ1) is 6.91. The van der Waals surface area contributed by atoms with Gasteiger partial charge < -0.3 is 10.2 Å². The van der Waals surface area contributed by atoms with Crippen molar-refractivity contribution >= 4 is 16.7 Å². The topological polar surface area (TPSA) is 56.2 Å². The molecule has 1 aromatic carbocycles. The number of benzene rings is 1. The summed E-state index contributed by atoms with van der Waals surface area (Å²) >= 11 is 0. The molecule has 0 fully saturated rings. The molecule has 0 aliphatic rings. The van der Waals surface area contributed by atoms with Gasteiger partial charge in [0.15, 0.2) is 0 Å². The van der Waals surface area contributed by atoms with E-state index in [0.29, 0.717) is 11.3 Å². The Hall–Kier alpha value is -1.77. The number of anilines is 1. The molecule has 3 nitrogen and oxygen atoms in total. The maximum atomic E-state index is 10.8. The van der Waals surface area contributed by atoms with Crippen LogP contribution in [-0.2, 0) is 0 Å². The molecule has 0 bridgehead atoms. The lowest BCUT2D eigenvalue weighted by Gasteiger charge is -1.95. The Labute approximate surface area is 68.4 Å². The summed E-state index contributed by atoms with van der Waals surface area (Å²) in [6.45, 7) is 0. The summed E-state index contributed by atoms with van der Waals surface area (Å²) < 4.78 is 4.91. The first-order valence-electron chi connectivity index (χ1n) is 3.55. The minimum absolute atomic E-state index is 0.354. The van der Waals surface area contributed by atoms with E-state index in [9.17, 15) is 4.79 Å². The van der Waals surface area contributed by atoms with Crippen LogP contribution in [0.15, 0.2) is 39.5 Å². The van der Waals surface area contributed by atoms with Gasteiger partial charge in [-0.05, 0) is 18.2 Å². The van der Waals surface area contributed by atoms with Crippen molar-refractivity contribution < 1.29 is 4.42 Å². The number of hydrogen-bond donors (Lipinski definition) is 1. The summed E-state index contributed by atoms with van der Waals surface area (Å²) in [6.07, 6.45) is 0. The lowest BCUT2D eigenvalue weighted by molar-refractivity contribution is 0.561. The van der Waals surface area contributed by atoms with Crippen LogP contribution in [-0.4, -0.2) is 0 Å². The second-order valence-corrected chi connectivity index (χ2v) is 2.55. The van der Waals surface area contributed by atoms with Crippen LogP contribution in [0.3, 0.4) is 0 Å². The Kier molecular flexibility index (Phi) is 1.37. The largest absolute Gasteiger partial charge is 0.423 e. The number of nitrogens with two attached hydrogens (primary N) is 1. The molecule has 12 heavy (non-hydrogen) atoms. The second kappa shape index (κ2) is 2.37. The predicted molar refractivity (Wildman–Crippen MR) is 46.9 cm³/mol. The van der Waals surface area contributed by atoms with E-state index in [2.05, 4.69) is 0 Å². The SMILES string of the molecule is Nc1ccc2ccc(=O)oc2c1. The maximum Gasteiger partial charge on any atom is 0.336 e. The average molecular weight is 161 g/mol. The Morgan fingerprint density at radius 2 is 1.92 bits per heavy atom. The number of hydrogen-bond acceptors (Lipinski definition) is 3. The van der Waals surface area contributed by atoms with Crippen LogP contribution in [0.1, 0.15) is 0 Å². The molecular formula is C9H7NO2. The van der Waals surface area contributed by atoms with Crippen molar-refractivity contribution in [2.24, 2.45) is 0 Å².